The zero-order valence-corrected chi connectivity index (χ0v) is 22.3. The first-order chi connectivity index (χ1) is 18.5. The van der Waals surface area contributed by atoms with Crippen LogP contribution in [0.25, 0.3) is 0 Å². The molecule has 5 nitrogen and oxygen atoms in total. The van der Waals surface area contributed by atoms with Gasteiger partial charge in [-0.05, 0) is 80.8 Å². The van der Waals surface area contributed by atoms with Crippen molar-refractivity contribution >= 4 is 23.0 Å². The predicted molar refractivity (Wildman–Crippen MR) is 152 cm³/mol. The Hall–Kier alpha value is -4.25. The highest BCUT2D eigenvalue weighted by atomic mass is 16.6. The second-order valence-corrected chi connectivity index (χ2v) is 9.91. The number of ether oxygens (including phenoxy) is 2. The molecular formula is C33H32N2O3. The Bertz CT molecular complexity index is 1540. The smallest absolute Gasteiger partial charge is 0.340 e. The number of benzene rings is 4. The molecule has 1 unspecified atom stereocenters. The van der Waals surface area contributed by atoms with E-state index in [1.807, 2.05) is 30.3 Å². The van der Waals surface area contributed by atoms with E-state index in [2.05, 4.69) is 86.4 Å². The van der Waals surface area contributed by atoms with Gasteiger partial charge in [0.25, 0.3) is 0 Å². The number of carbonyl (C=O) groups is 1. The average molecular weight is 505 g/mol. The summed E-state index contributed by atoms with van der Waals surface area (Å²) in [6, 6.07) is 26.5. The Morgan fingerprint density at radius 2 is 1.55 bits per heavy atom. The fraction of sp³-hybridized carbons (Fsp3) is 0.242. The fourth-order valence-electron chi connectivity index (χ4n) is 5.71. The quantitative estimate of drug-likeness (QED) is 0.273. The minimum absolute atomic E-state index is 0.322. The van der Waals surface area contributed by atoms with Crippen molar-refractivity contribution in [3.8, 4) is 11.5 Å². The molecule has 0 bridgehead atoms. The van der Waals surface area contributed by atoms with Crippen LogP contribution in [0.2, 0.25) is 0 Å². The molecule has 4 aromatic rings. The first-order valence-electron chi connectivity index (χ1n) is 13.4. The second kappa shape index (κ2) is 9.25. The summed E-state index contributed by atoms with van der Waals surface area (Å²) in [5.74, 6) is 1.09. The third kappa shape index (κ3) is 3.65. The lowest BCUT2D eigenvalue weighted by Crippen LogP contribution is -2.33. The number of fused-ring (bicyclic) bond motifs is 6. The van der Waals surface area contributed by atoms with Crippen molar-refractivity contribution in [2.75, 3.05) is 23.3 Å². The molecule has 2 aliphatic heterocycles. The minimum atomic E-state index is -1.09. The van der Waals surface area contributed by atoms with E-state index in [4.69, 9.17) is 9.47 Å². The van der Waals surface area contributed by atoms with Gasteiger partial charge >= 0.3 is 5.97 Å². The van der Waals surface area contributed by atoms with Crippen molar-refractivity contribution in [2.24, 2.45) is 0 Å². The fourth-order valence-corrected chi connectivity index (χ4v) is 5.71. The number of nitrogens with one attached hydrogen (secondary N) is 1. The highest BCUT2D eigenvalue weighted by molar-refractivity contribution is 5.97. The number of hydrogen-bond acceptors (Lipinski definition) is 5. The molecule has 6 rings (SSSR count). The normalized spacial score (nSPS) is 16.8. The van der Waals surface area contributed by atoms with Crippen molar-refractivity contribution in [3.05, 3.63) is 112 Å². The molecule has 1 spiro atoms. The summed E-state index contributed by atoms with van der Waals surface area (Å²) in [6.07, 6.45) is 0.998. The number of anilines is 3. The molecule has 0 saturated carbocycles. The maximum absolute atomic E-state index is 13.2. The molecule has 0 saturated heterocycles. The summed E-state index contributed by atoms with van der Waals surface area (Å²) in [6.45, 7) is 10.3. The van der Waals surface area contributed by atoms with Crippen LogP contribution >= 0.6 is 0 Å². The summed E-state index contributed by atoms with van der Waals surface area (Å²) in [7, 11) is 0. The van der Waals surface area contributed by atoms with Gasteiger partial charge in [-0.15, -0.1) is 0 Å². The number of nitrogens with zero attached hydrogens (tertiary/aromatic N) is 1. The summed E-state index contributed by atoms with van der Waals surface area (Å²) in [5.41, 5.74) is 7.35. The van der Waals surface area contributed by atoms with Crippen molar-refractivity contribution in [1.82, 2.24) is 0 Å². The number of rotatable bonds is 6. The Morgan fingerprint density at radius 1 is 0.816 bits per heavy atom. The SMILES string of the molecule is CCc1ccc(Nc2cc3c(cc2C)Oc2cc(N(CC)CC)ccc2C32OC(=O)c3ccccc32)cc1. The molecule has 0 amide bonds. The van der Waals surface area contributed by atoms with Gasteiger partial charge in [-0.2, -0.15) is 0 Å². The number of hydrogen-bond donors (Lipinski definition) is 1. The third-order valence-corrected chi connectivity index (χ3v) is 7.81. The van der Waals surface area contributed by atoms with Crippen LogP contribution in [0.3, 0.4) is 0 Å². The van der Waals surface area contributed by atoms with Gasteiger partial charge in [-0.3, -0.25) is 0 Å². The maximum atomic E-state index is 13.2. The molecule has 2 heterocycles. The summed E-state index contributed by atoms with van der Waals surface area (Å²) < 4.78 is 12.9. The Labute approximate surface area is 224 Å². The van der Waals surface area contributed by atoms with Crippen LogP contribution in [0.5, 0.6) is 11.5 Å². The lowest BCUT2D eigenvalue weighted by molar-refractivity contribution is 0.0224. The Kier molecular flexibility index (Phi) is 5.87. The highest BCUT2D eigenvalue weighted by Gasteiger charge is 2.53. The van der Waals surface area contributed by atoms with Gasteiger partial charge in [-0.1, -0.05) is 37.3 Å². The van der Waals surface area contributed by atoms with Crippen molar-refractivity contribution in [1.29, 1.82) is 0 Å². The predicted octanol–water partition coefficient (Wildman–Crippen LogP) is 7.72. The molecule has 0 aliphatic carbocycles. The van der Waals surface area contributed by atoms with Crippen molar-refractivity contribution < 1.29 is 14.3 Å². The molecule has 38 heavy (non-hydrogen) atoms. The van der Waals surface area contributed by atoms with Gasteiger partial charge in [0.05, 0.1) is 5.56 Å². The van der Waals surface area contributed by atoms with Crippen LogP contribution in [0.4, 0.5) is 17.1 Å². The van der Waals surface area contributed by atoms with Crippen molar-refractivity contribution in [2.45, 2.75) is 39.7 Å². The van der Waals surface area contributed by atoms with Gasteiger partial charge in [0.1, 0.15) is 11.5 Å². The zero-order chi connectivity index (χ0) is 26.4. The second-order valence-electron chi connectivity index (χ2n) is 9.91. The minimum Gasteiger partial charge on any atom is -0.456 e. The highest BCUT2D eigenvalue weighted by Crippen LogP contribution is 2.57. The first-order valence-corrected chi connectivity index (χ1v) is 13.4. The molecule has 0 fully saturated rings. The molecule has 4 aromatic carbocycles. The lowest BCUT2D eigenvalue weighted by Gasteiger charge is -2.37. The summed E-state index contributed by atoms with van der Waals surface area (Å²) in [4.78, 5) is 15.5. The van der Waals surface area contributed by atoms with Gasteiger partial charge in [-0.25, -0.2) is 4.79 Å². The molecule has 0 radical (unpaired) electrons. The molecule has 5 heteroatoms. The van der Waals surface area contributed by atoms with E-state index in [0.29, 0.717) is 17.1 Å². The number of esters is 1. The molecule has 2 aliphatic rings. The van der Waals surface area contributed by atoms with Gasteiger partial charge < -0.3 is 19.7 Å². The van der Waals surface area contributed by atoms with Crippen molar-refractivity contribution in [3.63, 3.8) is 0 Å². The molecule has 1 N–H and O–H groups in total. The van der Waals surface area contributed by atoms with Crippen LogP contribution < -0.4 is 15.0 Å². The van der Waals surface area contributed by atoms with E-state index in [0.717, 1.165) is 58.8 Å². The van der Waals surface area contributed by atoms with E-state index >= 15 is 0 Å². The molecular weight excluding hydrogens is 472 g/mol. The van der Waals surface area contributed by atoms with E-state index < -0.39 is 5.60 Å². The van der Waals surface area contributed by atoms with Crippen LogP contribution in [-0.2, 0) is 16.8 Å². The standard InChI is InChI=1S/C33H32N2O3/c1-5-22-12-14-23(15-13-22)34-29-20-28-30(18-21(29)4)37-31-19-24(35(6-2)7-3)16-17-27(31)33(28)26-11-9-8-10-25(26)32(36)38-33/h8-20,34H,5-7H2,1-4H3. The largest absolute Gasteiger partial charge is 0.456 e. The number of carbonyl (C=O) groups excluding carboxylic acids is 1. The van der Waals surface area contributed by atoms with Gasteiger partial charge in [0, 0.05) is 52.9 Å². The average Bonchev–Trinajstić information content (AvgIpc) is 3.23. The van der Waals surface area contributed by atoms with E-state index in [9.17, 15) is 4.79 Å². The first kappa shape index (κ1) is 24.1. The molecule has 1 atom stereocenters. The van der Waals surface area contributed by atoms with Crippen LogP contribution in [0.1, 0.15) is 58.9 Å². The van der Waals surface area contributed by atoms with E-state index in [-0.39, 0.29) is 5.97 Å². The Balaban J connectivity index is 1.54. The summed E-state index contributed by atoms with van der Waals surface area (Å²) >= 11 is 0. The zero-order valence-electron chi connectivity index (χ0n) is 22.3. The topological polar surface area (TPSA) is 50.8 Å². The number of aryl methyl sites for hydroxylation is 2. The van der Waals surface area contributed by atoms with Gasteiger partial charge in [0.2, 0.25) is 0 Å². The van der Waals surface area contributed by atoms with Crippen LogP contribution in [0, 0.1) is 6.92 Å². The van der Waals surface area contributed by atoms with E-state index in [1.165, 1.54) is 5.56 Å². The third-order valence-electron chi connectivity index (χ3n) is 7.81. The van der Waals surface area contributed by atoms with E-state index in [1.54, 1.807) is 0 Å². The maximum Gasteiger partial charge on any atom is 0.340 e. The molecule has 0 aromatic heterocycles. The lowest BCUT2D eigenvalue weighted by atomic mass is 9.77. The monoisotopic (exact) mass is 504 g/mol. The van der Waals surface area contributed by atoms with Crippen LogP contribution in [0.15, 0.2) is 78.9 Å². The van der Waals surface area contributed by atoms with Crippen LogP contribution in [-0.4, -0.2) is 19.1 Å². The van der Waals surface area contributed by atoms with Gasteiger partial charge in [0.15, 0.2) is 5.60 Å². The summed E-state index contributed by atoms with van der Waals surface area (Å²) in [5, 5.41) is 3.58. The Morgan fingerprint density at radius 3 is 2.29 bits per heavy atom. The molecule has 192 valence electrons.